The van der Waals surface area contributed by atoms with E-state index in [2.05, 4.69) is 17.0 Å². The van der Waals surface area contributed by atoms with Crippen LogP contribution >= 0.6 is 0 Å². The van der Waals surface area contributed by atoms with Crippen molar-refractivity contribution < 1.29 is 9.53 Å². The van der Waals surface area contributed by atoms with Crippen LogP contribution in [0.2, 0.25) is 0 Å². The molecule has 1 saturated heterocycles. The van der Waals surface area contributed by atoms with E-state index in [0.717, 1.165) is 19.5 Å². The van der Waals surface area contributed by atoms with E-state index in [9.17, 15) is 4.79 Å². The minimum absolute atomic E-state index is 0.115. The SMILES string of the molecule is COC(=O)[C@H](Cc1ccccc1)N1CCCC1. The van der Waals surface area contributed by atoms with Crippen molar-refractivity contribution in [3.8, 4) is 0 Å². The predicted molar refractivity (Wildman–Crippen MR) is 66.8 cm³/mol. The molecule has 0 aliphatic carbocycles. The molecule has 0 amide bonds. The minimum Gasteiger partial charge on any atom is -0.468 e. The zero-order valence-electron chi connectivity index (χ0n) is 10.3. The monoisotopic (exact) mass is 233 g/mol. The molecule has 0 aromatic heterocycles. The average molecular weight is 233 g/mol. The number of benzene rings is 1. The minimum atomic E-state index is -0.120. The second kappa shape index (κ2) is 5.82. The molecule has 0 saturated carbocycles. The number of methoxy groups -OCH3 is 1. The molecule has 1 aliphatic rings. The molecule has 92 valence electrons. The summed E-state index contributed by atoms with van der Waals surface area (Å²) < 4.78 is 4.92. The fourth-order valence-corrected chi connectivity index (χ4v) is 2.39. The normalized spacial score (nSPS) is 17.9. The number of nitrogens with zero attached hydrogens (tertiary/aromatic N) is 1. The van der Waals surface area contributed by atoms with Gasteiger partial charge in [-0.15, -0.1) is 0 Å². The Bertz CT molecular complexity index is 358. The van der Waals surface area contributed by atoms with Crippen molar-refractivity contribution in [2.24, 2.45) is 0 Å². The largest absolute Gasteiger partial charge is 0.468 e. The fraction of sp³-hybridized carbons (Fsp3) is 0.500. The first-order valence-electron chi connectivity index (χ1n) is 6.17. The Morgan fingerprint density at radius 3 is 2.53 bits per heavy atom. The van der Waals surface area contributed by atoms with Gasteiger partial charge in [0, 0.05) is 0 Å². The van der Waals surface area contributed by atoms with Crippen molar-refractivity contribution in [1.82, 2.24) is 4.90 Å². The molecule has 3 nitrogen and oxygen atoms in total. The van der Waals surface area contributed by atoms with Crippen molar-refractivity contribution in [1.29, 1.82) is 0 Å². The highest BCUT2D eigenvalue weighted by atomic mass is 16.5. The Labute approximate surface area is 102 Å². The van der Waals surface area contributed by atoms with Gasteiger partial charge in [-0.3, -0.25) is 9.69 Å². The Balaban J connectivity index is 2.07. The zero-order valence-corrected chi connectivity index (χ0v) is 10.3. The summed E-state index contributed by atoms with van der Waals surface area (Å²) in [7, 11) is 1.47. The molecular formula is C14H19NO2. The maximum absolute atomic E-state index is 11.8. The summed E-state index contributed by atoms with van der Waals surface area (Å²) in [4.78, 5) is 14.1. The van der Waals surface area contributed by atoms with E-state index in [1.54, 1.807) is 0 Å². The van der Waals surface area contributed by atoms with Gasteiger partial charge in [0.25, 0.3) is 0 Å². The van der Waals surface area contributed by atoms with Gasteiger partial charge >= 0.3 is 5.97 Å². The molecule has 1 aromatic carbocycles. The highest BCUT2D eigenvalue weighted by Gasteiger charge is 2.28. The Hall–Kier alpha value is -1.35. The third kappa shape index (κ3) is 3.07. The quantitative estimate of drug-likeness (QED) is 0.743. The number of carbonyl (C=O) groups is 1. The molecule has 0 radical (unpaired) electrons. The van der Waals surface area contributed by atoms with Gasteiger partial charge in [0.2, 0.25) is 0 Å². The van der Waals surface area contributed by atoms with Gasteiger partial charge < -0.3 is 4.74 Å². The molecule has 1 heterocycles. The number of hydrogen-bond donors (Lipinski definition) is 0. The van der Waals surface area contributed by atoms with Gasteiger partial charge in [0.15, 0.2) is 0 Å². The van der Waals surface area contributed by atoms with Crippen molar-refractivity contribution in [2.75, 3.05) is 20.2 Å². The Morgan fingerprint density at radius 1 is 1.29 bits per heavy atom. The van der Waals surface area contributed by atoms with Gasteiger partial charge in [-0.1, -0.05) is 30.3 Å². The first kappa shape index (κ1) is 12.1. The van der Waals surface area contributed by atoms with E-state index in [0.29, 0.717) is 0 Å². The smallest absolute Gasteiger partial charge is 0.323 e. The van der Waals surface area contributed by atoms with E-state index in [1.165, 1.54) is 25.5 Å². The van der Waals surface area contributed by atoms with E-state index in [4.69, 9.17) is 4.74 Å². The summed E-state index contributed by atoms with van der Waals surface area (Å²) in [6.45, 7) is 2.01. The lowest BCUT2D eigenvalue weighted by molar-refractivity contribution is -0.146. The number of carbonyl (C=O) groups excluding carboxylic acids is 1. The summed E-state index contributed by atoms with van der Waals surface area (Å²) in [5.41, 5.74) is 1.19. The molecule has 0 N–H and O–H groups in total. The van der Waals surface area contributed by atoms with Gasteiger partial charge in [0.05, 0.1) is 7.11 Å². The fourth-order valence-electron chi connectivity index (χ4n) is 2.39. The van der Waals surface area contributed by atoms with E-state index >= 15 is 0 Å². The zero-order chi connectivity index (χ0) is 12.1. The number of rotatable bonds is 4. The van der Waals surface area contributed by atoms with E-state index in [1.807, 2.05) is 18.2 Å². The molecule has 2 rings (SSSR count). The van der Waals surface area contributed by atoms with Crippen molar-refractivity contribution in [3.63, 3.8) is 0 Å². The van der Waals surface area contributed by atoms with Crippen LogP contribution in [0.15, 0.2) is 30.3 Å². The van der Waals surface area contributed by atoms with Crippen LogP contribution in [0, 0.1) is 0 Å². The molecular weight excluding hydrogens is 214 g/mol. The molecule has 1 fully saturated rings. The van der Waals surface area contributed by atoms with Crippen LogP contribution in [0.5, 0.6) is 0 Å². The van der Waals surface area contributed by atoms with Crippen LogP contribution in [0.1, 0.15) is 18.4 Å². The number of esters is 1. The number of ether oxygens (including phenoxy) is 1. The maximum atomic E-state index is 11.8. The summed E-state index contributed by atoms with van der Waals surface area (Å²) in [6.07, 6.45) is 3.11. The van der Waals surface area contributed by atoms with Crippen LogP contribution in [0.25, 0.3) is 0 Å². The lowest BCUT2D eigenvalue weighted by Gasteiger charge is -2.25. The second-order valence-corrected chi connectivity index (χ2v) is 4.47. The van der Waals surface area contributed by atoms with Gasteiger partial charge in [0.1, 0.15) is 6.04 Å². The van der Waals surface area contributed by atoms with Crippen LogP contribution in [0.3, 0.4) is 0 Å². The van der Waals surface area contributed by atoms with Crippen molar-refractivity contribution in [3.05, 3.63) is 35.9 Å². The van der Waals surface area contributed by atoms with Crippen LogP contribution in [-0.4, -0.2) is 37.1 Å². The lowest BCUT2D eigenvalue weighted by Crippen LogP contribution is -2.41. The third-order valence-corrected chi connectivity index (χ3v) is 3.33. The lowest BCUT2D eigenvalue weighted by atomic mass is 10.1. The second-order valence-electron chi connectivity index (χ2n) is 4.47. The number of hydrogen-bond acceptors (Lipinski definition) is 3. The number of likely N-dealkylation sites (tertiary alicyclic amines) is 1. The molecule has 3 heteroatoms. The summed E-state index contributed by atoms with van der Waals surface area (Å²) in [5, 5.41) is 0. The first-order chi connectivity index (χ1) is 8.31. The average Bonchev–Trinajstić information content (AvgIpc) is 2.90. The standard InChI is InChI=1S/C14H19NO2/c1-17-14(16)13(15-9-5-6-10-15)11-12-7-3-2-4-8-12/h2-4,7-8,13H,5-6,9-11H2,1H3/t13-/m0/s1. The molecule has 0 unspecified atom stereocenters. The van der Waals surface area contributed by atoms with E-state index in [-0.39, 0.29) is 12.0 Å². The Morgan fingerprint density at radius 2 is 1.94 bits per heavy atom. The van der Waals surface area contributed by atoms with Gasteiger partial charge in [-0.05, 0) is 37.9 Å². The molecule has 1 atom stereocenters. The topological polar surface area (TPSA) is 29.5 Å². The highest BCUT2D eigenvalue weighted by molar-refractivity contribution is 5.76. The highest BCUT2D eigenvalue weighted by Crippen LogP contribution is 2.16. The summed E-state index contributed by atoms with van der Waals surface area (Å²) in [5.74, 6) is -0.115. The van der Waals surface area contributed by atoms with Crippen molar-refractivity contribution in [2.45, 2.75) is 25.3 Å². The molecule has 1 aromatic rings. The van der Waals surface area contributed by atoms with Crippen molar-refractivity contribution >= 4 is 5.97 Å². The molecule has 17 heavy (non-hydrogen) atoms. The predicted octanol–water partition coefficient (Wildman–Crippen LogP) is 1.87. The molecule has 0 bridgehead atoms. The molecule has 0 spiro atoms. The van der Waals surface area contributed by atoms with Crippen LogP contribution in [0.4, 0.5) is 0 Å². The van der Waals surface area contributed by atoms with Gasteiger partial charge in [-0.2, -0.15) is 0 Å². The van der Waals surface area contributed by atoms with Crippen LogP contribution in [-0.2, 0) is 16.0 Å². The van der Waals surface area contributed by atoms with E-state index < -0.39 is 0 Å². The first-order valence-corrected chi connectivity index (χ1v) is 6.17. The summed E-state index contributed by atoms with van der Waals surface area (Å²) >= 11 is 0. The summed E-state index contributed by atoms with van der Waals surface area (Å²) in [6, 6.07) is 10.0. The van der Waals surface area contributed by atoms with Gasteiger partial charge in [-0.25, -0.2) is 0 Å². The maximum Gasteiger partial charge on any atom is 0.323 e. The van der Waals surface area contributed by atoms with Crippen LogP contribution < -0.4 is 0 Å². The molecule has 1 aliphatic heterocycles. The Kier molecular flexibility index (Phi) is 4.15. The third-order valence-electron chi connectivity index (χ3n) is 3.33.